The second-order valence-electron chi connectivity index (χ2n) is 5.35. The first-order valence-electron chi connectivity index (χ1n) is 7.27. The third-order valence-electron chi connectivity index (χ3n) is 3.51. The van der Waals surface area contributed by atoms with Crippen molar-refractivity contribution in [1.82, 2.24) is 4.72 Å². The van der Waals surface area contributed by atoms with Gasteiger partial charge in [0.1, 0.15) is 0 Å². The maximum Gasteiger partial charge on any atom is 0.241 e. The summed E-state index contributed by atoms with van der Waals surface area (Å²) >= 11 is 0. The van der Waals surface area contributed by atoms with E-state index >= 15 is 0 Å². The Hall–Kier alpha value is -1.63. The van der Waals surface area contributed by atoms with Gasteiger partial charge in [-0.3, -0.25) is 0 Å². The van der Waals surface area contributed by atoms with Crippen molar-refractivity contribution in [3.63, 3.8) is 0 Å². The number of unbranched alkanes of at least 4 members (excludes halogenated alkanes) is 1. The second kappa shape index (κ2) is 7.09. The van der Waals surface area contributed by atoms with Gasteiger partial charge in [-0.15, -0.1) is 0 Å². The molecule has 0 radical (unpaired) electrons. The molecule has 0 amide bonds. The van der Waals surface area contributed by atoms with Crippen molar-refractivity contribution >= 4 is 26.5 Å². The highest BCUT2D eigenvalue weighted by atomic mass is 32.2. The zero-order chi connectivity index (χ0) is 16.2. The number of nitrogens with zero attached hydrogens (tertiary/aromatic N) is 1. The molecule has 0 aliphatic carbocycles. The Morgan fingerprint density at radius 2 is 1.73 bits per heavy atom. The van der Waals surface area contributed by atoms with Gasteiger partial charge in [-0.1, -0.05) is 24.3 Å². The van der Waals surface area contributed by atoms with Crippen LogP contribution >= 0.6 is 0 Å². The monoisotopic (exact) mass is 322 g/mol. The van der Waals surface area contributed by atoms with E-state index in [1.807, 2.05) is 43.3 Å². The molecule has 6 heteroatoms. The summed E-state index contributed by atoms with van der Waals surface area (Å²) in [5, 5.41) is 10.4. The molecular weight excluding hydrogens is 300 g/mol. The Morgan fingerprint density at radius 1 is 1.05 bits per heavy atom. The van der Waals surface area contributed by atoms with Crippen LogP contribution in [0.2, 0.25) is 0 Å². The van der Waals surface area contributed by atoms with Gasteiger partial charge in [0.15, 0.2) is 0 Å². The molecule has 0 aliphatic rings. The number of rotatable bonds is 7. The highest BCUT2D eigenvalue weighted by Crippen LogP contribution is 2.29. The van der Waals surface area contributed by atoms with E-state index < -0.39 is 10.0 Å². The van der Waals surface area contributed by atoms with Crippen LogP contribution in [0.4, 0.5) is 5.69 Å². The van der Waals surface area contributed by atoms with Gasteiger partial charge in [-0.05, 0) is 25.0 Å². The number of hydrogen-bond donors (Lipinski definition) is 2. The molecule has 120 valence electrons. The summed E-state index contributed by atoms with van der Waals surface area (Å²) in [6.45, 7) is 0.398. The summed E-state index contributed by atoms with van der Waals surface area (Å²) in [6, 6.07) is 11.0. The topological polar surface area (TPSA) is 69.6 Å². The number of fused-ring (bicyclic) bond motifs is 1. The SMILES string of the molecule is CN(C)c1cccc2c(S(=O)(=O)NCCCCO)cccc12. The molecule has 0 heterocycles. The molecule has 5 nitrogen and oxygen atoms in total. The predicted octanol–water partition coefficient (Wildman–Crippen LogP) is 1.96. The number of nitrogens with one attached hydrogen (secondary N) is 1. The summed E-state index contributed by atoms with van der Waals surface area (Å²) in [5.74, 6) is 0. The van der Waals surface area contributed by atoms with E-state index in [2.05, 4.69) is 4.72 Å². The zero-order valence-electron chi connectivity index (χ0n) is 12.9. The van der Waals surface area contributed by atoms with Crippen molar-refractivity contribution in [2.75, 3.05) is 32.1 Å². The summed E-state index contributed by atoms with van der Waals surface area (Å²) in [4.78, 5) is 2.26. The Bertz CT molecular complexity index is 742. The van der Waals surface area contributed by atoms with Gasteiger partial charge in [0.2, 0.25) is 10.0 Å². The standard InChI is InChI=1S/C16H22N2O3S/c1-18(2)15-9-5-8-14-13(15)7-6-10-16(14)22(20,21)17-11-3-4-12-19/h5-10,17,19H,3-4,11-12H2,1-2H3. The van der Waals surface area contributed by atoms with E-state index in [-0.39, 0.29) is 11.5 Å². The van der Waals surface area contributed by atoms with Gasteiger partial charge in [-0.2, -0.15) is 0 Å². The van der Waals surface area contributed by atoms with Gasteiger partial charge < -0.3 is 10.0 Å². The fourth-order valence-corrected chi connectivity index (χ4v) is 3.70. The van der Waals surface area contributed by atoms with E-state index in [1.165, 1.54) is 0 Å². The number of aliphatic hydroxyl groups excluding tert-OH is 1. The molecule has 0 spiro atoms. The first kappa shape index (κ1) is 16.7. The third kappa shape index (κ3) is 3.58. The molecule has 22 heavy (non-hydrogen) atoms. The van der Waals surface area contributed by atoms with E-state index in [0.717, 1.165) is 11.1 Å². The lowest BCUT2D eigenvalue weighted by molar-refractivity contribution is 0.285. The van der Waals surface area contributed by atoms with Crippen LogP contribution in [0.15, 0.2) is 41.3 Å². The maximum absolute atomic E-state index is 12.5. The minimum Gasteiger partial charge on any atom is -0.396 e. The largest absolute Gasteiger partial charge is 0.396 e. The minimum absolute atomic E-state index is 0.0716. The highest BCUT2D eigenvalue weighted by molar-refractivity contribution is 7.89. The molecule has 0 unspecified atom stereocenters. The van der Waals surface area contributed by atoms with Crippen molar-refractivity contribution in [3.05, 3.63) is 36.4 Å². The van der Waals surface area contributed by atoms with Crippen LogP contribution in [0.3, 0.4) is 0 Å². The Balaban J connectivity index is 2.41. The Labute approximate surface area is 131 Å². The average molecular weight is 322 g/mol. The van der Waals surface area contributed by atoms with Crippen LogP contribution in [0.1, 0.15) is 12.8 Å². The molecule has 2 N–H and O–H groups in total. The van der Waals surface area contributed by atoms with Crippen molar-refractivity contribution in [2.45, 2.75) is 17.7 Å². The van der Waals surface area contributed by atoms with Gasteiger partial charge >= 0.3 is 0 Å². The number of aliphatic hydroxyl groups is 1. The summed E-state index contributed by atoms with van der Waals surface area (Å²) < 4.78 is 27.6. The number of benzene rings is 2. The minimum atomic E-state index is -3.56. The molecule has 0 aromatic heterocycles. The molecule has 0 bridgehead atoms. The van der Waals surface area contributed by atoms with E-state index in [1.54, 1.807) is 12.1 Å². The first-order chi connectivity index (χ1) is 10.5. The third-order valence-corrected chi connectivity index (χ3v) is 5.03. The molecule has 2 aromatic carbocycles. The van der Waals surface area contributed by atoms with Gasteiger partial charge in [0, 0.05) is 43.7 Å². The summed E-state index contributed by atoms with van der Waals surface area (Å²) in [6.07, 6.45) is 1.20. The van der Waals surface area contributed by atoms with Crippen LogP contribution < -0.4 is 9.62 Å². The van der Waals surface area contributed by atoms with Crippen molar-refractivity contribution in [2.24, 2.45) is 0 Å². The summed E-state index contributed by atoms with van der Waals surface area (Å²) in [5.41, 5.74) is 0.981. The number of anilines is 1. The molecule has 2 rings (SSSR count). The quantitative estimate of drug-likeness (QED) is 0.765. The Morgan fingerprint density at radius 3 is 2.41 bits per heavy atom. The molecule has 0 fully saturated rings. The van der Waals surface area contributed by atoms with Crippen molar-refractivity contribution < 1.29 is 13.5 Å². The van der Waals surface area contributed by atoms with Crippen LogP contribution in [0.5, 0.6) is 0 Å². The van der Waals surface area contributed by atoms with Crippen LogP contribution in [-0.2, 0) is 10.0 Å². The van der Waals surface area contributed by atoms with Crippen molar-refractivity contribution in [3.8, 4) is 0 Å². The lowest BCUT2D eigenvalue weighted by atomic mass is 10.1. The number of sulfonamides is 1. The average Bonchev–Trinajstić information content (AvgIpc) is 2.50. The zero-order valence-corrected chi connectivity index (χ0v) is 13.7. The van der Waals surface area contributed by atoms with E-state index in [4.69, 9.17) is 5.11 Å². The van der Waals surface area contributed by atoms with Crippen molar-refractivity contribution in [1.29, 1.82) is 0 Å². The van der Waals surface area contributed by atoms with Crippen LogP contribution in [0.25, 0.3) is 10.8 Å². The van der Waals surface area contributed by atoms with Crippen LogP contribution in [-0.4, -0.2) is 40.8 Å². The predicted molar refractivity (Wildman–Crippen MR) is 89.8 cm³/mol. The smallest absolute Gasteiger partial charge is 0.241 e. The first-order valence-corrected chi connectivity index (χ1v) is 8.75. The van der Waals surface area contributed by atoms with Gasteiger partial charge in [0.05, 0.1) is 4.90 Å². The summed E-state index contributed by atoms with van der Waals surface area (Å²) in [7, 11) is 0.307. The normalized spacial score (nSPS) is 11.8. The lowest BCUT2D eigenvalue weighted by Gasteiger charge is -2.17. The molecule has 2 aromatic rings. The fourth-order valence-electron chi connectivity index (χ4n) is 2.41. The second-order valence-corrected chi connectivity index (χ2v) is 7.09. The van der Waals surface area contributed by atoms with Gasteiger partial charge in [0.25, 0.3) is 0 Å². The molecule has 0 aliphatic heterocycles. The van der Waals surface area contributed by atoms with E-state index in [9.17, 15) is 8.42 Å². The fraction of sp³-hybridized carbons (Fsp3) is 0.375. The maximum atomic E-state index is 12.5. The Kier molecular flexibility index (Phi) is 5.39. The molecule has 0 saturated heterocycles. The van der Waals surface area contributed by atoms with Crippen LogP contribution in [0, 0.1) is 0 Å². The van der Waals surface area contributed by atoms with E-state index in [0.29, 0.717) is 24.8 Å². The highest BCUT2D eigenvalue weighted by Gasteiger charge is 2.17. The lowest BCUT2D eigenvalue weighted by Crippen LogP contribution is -2.25. The molecular formula is C16H22N2O3S. The molecule has 0 saturated carbocycles. The molecule has 0 atom stereocenters. The number of hydrogen-bond acceptors (Lipinski definition) is 4. The van der Waals surface area contributed by atoms with Gasteiger partial charge in [-0.25, -0.2) is 13.1 Å².